The number of carbonyl (C=O) groups is 1. The van der Waals surface area contributed by atoms with Crippen LogP contribution in [-0.2, 0) is 11.2 Å². The van der Waals surface area contributed by atoms with Gasteiger partial charge in [-0.3, -0.25) is 4.79 Å². The van der Waals surface area contributed by atoms with Crippen LogP contribution in [0.1, 0.15) is 23.1 Å². The zero-order valence-corrected chi connectivity index (χ0v) is 14.0. The molecule has 1 aliphatic heterocycles. The highest BCUT2D eigenvalue weighted by molar-refractivity contribution is 6.03. The maximum atomic E-state index is 13.5. The lowest BCUT2D eigenvalue weighted by atomic mass is 10.00. The van der Waals surface area contributed by atoms with Gasteiger partial charge < -0.3 is 5.11 Å². The highest BCUT2D eigenvalue weighted by Crippen LogP contribution is 2.41. The lowest BCUT2D eigenvalue weighted by Crippen LogP contribution is -2.57. The maximum absolute atomic E-state index is 13.5. The Labute approximate surface area is 148 Å². The largest absolute Gasteiger partial charge is 0.438 e. The topological polar surface area (TPSA) is 52.9 Å². The Morgan fingerprint density at radius 2 is 1.77 bits per heavy atom. The molecule has 0 saturated heterocycles. The van der Waals surface area contributed by atoms with Crippen molar-refractivity contribution in [2.24, 2.45) is 5.10 Å². The number of carbonyl (C=O) groups excluding carboxylic acids is 1. The van der Waals surface area contributed by atoms with E-state index in [1.54, 1.807) is 54.6 Å². The van der Waals surface area contributed by atoms with Crippen LogP contribution in [0.5, 0.6) is 0 Å². The number of aryl methyl sites for hydroxylation is 1. The molecule has 0 saturated carbocycles. The second-order valence-electron chi connectivity index (χ2n) is 6.27. The first-order valence-corrected chi connectivity index (χ1v) is 8.01. The van der Waals surface area contributed by atoms with Crippen molar-refractivity contribution in [1.82, 2.24) is 5.01 Å². The smallest absolute Gasteiger partial charge is 0.362 e. The summed E-state index contributed by atoms with van der Waals surface area (Å²) in [5, 5.41) is 14.3. The van der Waals surface area contributed by atoms with Gasteiger partial charge >= 0.3 is 6.18 Å². The summed E-state index contributed by atoms with van der Waals surface area (Å²) in [6.07, 6.45) is -6.13. The molecule has 0 aromatic heterocycles. The monoisotopic (exact) mass is 362 g/mol. The van der Waals surface area contributed by atoms with Crippen molar-refractivity contribution in [1.29, 1.82) is 0 Å². The fourth-order valence-corrected chi connectivity index (χ4v) is 2.78. The Kier molecular flexibility index (Phi) is 4.58. The van der Waals surface area contributed by atoms with E-state index in [0.717, 1.165) is 5.56 Å². The van der Waals surface area contributed by atoms with Gasteiger partial charge in [0.05, 0.1) is 18.6 Å². The highest BCUT2D eigenvalue weighted by atomic mass is 19.4. The van der Waals surface area contributed by atoms with E-state index in [4.69, 9.17) is 0 Å². The summed E-state index contributed by atoms with van der Waals surface area (Å²) in [5.74, 6) is -0.918. The molecule has 0 bridgehead atoms. The number of alkyl halides is 3. The molecule has 3 rings (SSSR count). The second kappa shape index (κ2) is 6.57. The van der Waals surface area contributed by atoms with Gasteiger partial charge in [0.15, 0.2) is 0 Å². The van der Waals surface area contributed by atoms with Crippen LogP contribution in [-0.4, -0.2) is 33.6 Å². The minimum atomic E-state index is -5.03. The Balaban J connectivity index is 1.94. The van der Waals surface area contributed by atoms with Gasteiger partial charge in [-0.1, -0.05) is 60.2 Å². The molecule has 1 aliphatic rings. The SMILES string of the molecule is Cc1ccc(C2=NN(C(=O)Cc3ccccc3)[C@@](O)(C(F)(F)F)C2)cc1. The number of amides is 1. The lowest BCUT2D eigenvalue weighted by Gasteiger charge is -2.32. The molecule has 7 heteroatoms. The Morgan fingerprint density at radius 3 is 2.35 bits per heavy atom. The summed E-state index contributed by atoms with van der Waals surface area (Å²) in [7, 11) is 0. The van der Waals surface area contributed by atoms with Gasteiger partial charge in [0.1, 0.15) is 0 Å². The number of hydrogen-bond acceptors (Lipinski definition) is 3. The minimum absolute atomic E-state index is 0.0197. The molecule has 1 atom stereocenters. The Bertz CT molecular complexity index is 832. The summed E-state index contributed by atoms with van der Waals surface area (Å²) in [5.41, 5.74) is -1.41. The van der Waals surface area contributed by atoms with Crippen LogP contribution in [0.25, 0.3) is 0 Å². The number of hydrazone groups is 1. The molecule has 4 nitrogen and oxygen atoms in total. The summed E-state index contributed by atoms with van der Waals surface area (Å²) < 4.78 is 40.6. The highest BCUT2D eigenvalue weighted by Gasteiger charge is 2.63. The van der Waals surface area contributed by atoms with E-state index in [1.807, 2.05) is 6.92 Å². The minimum Gasteiger partial charge on any atom is -0.362 e. The molecule has 0 spiro atoms. The van der Waals surface area contributed by atoms with Gasteiger partial charge in [-0.05, 0) is 18.1 Å². The van der Waals surface area contributed by atoms with Crippen LogP contribution in [0.15, 0.2) is 59.7 Å². The number of hydrogen-bond donors (Lipinski definition) is 1. The lowest BCUT2D eigenvalue weighted by molar-refractivity contribution is -0.302. The van der Waals surface area contributed by atoms with Crippen molar-refractivity contribution in [2.75, 3.05) is 0 Å². The number of benzene rings is 2. The zero-order valence-electron chi connectivity index (χ0n) is 14.0. The Morgan fingerprint density at radius 1 is 1.15 bits per heavy atom. The van der Waals surface area contributed by atoms with Crippen molar-refractivity contribution in [2.45, 2.75) is 31.7 Å². The normalized spacial score (nSPS) is 20.2. The first kappa shape index (κ1) is 18.1. The van der Waals surface area contributed by atoms with Crippen LogP contribution < -0.4 is 0 Å². The van der Waals surface area contributed by atoms with E-state index in [1.165, 1.54) is 0 Å². The first-order valence-electron chi connectivity index (χ1n) is 8.01. The van der Waals surface area contributed by atoms with Gasteiger partial charge in [0, 0.05) is 0 Å². The van der Waals surface area contributed by atoms with Crippen molar-refractivity contribution in [3.8, 4) is 0 Å². The van der Waals surface area contributed by atoms with Gasteiger partial charge in [-0.25, -0.2) is 0 Å². The zero-order chi connectivity index (χ0) is 18.9. The molecule has 0 aliphatic carbocycles. The van der Waals surface area contributed by atoms with Gasteiger partial charge in [0.2, 0.25) is 5.91 Å². The molecule has 1 heterocycles. The standard InChI is InChI=1S/C19H17F3N2O2/c1-13-7-9-15(10-8-13)16-12-18(26,19(20,21)22)24(23-16)17(25)11-14-5-3-2-4-6-14/h2-10,26H,11-12H2,1H3/t18-/m0/s1. The van der Waals surface area contributed by atoms with Gasteiger partial charge in [-0.15, -0.1) is 0 Å². The average molecular weight is 362 g/mol. The third kappa shape index (κ3) is 3.35. The summed E-state index contributed by atoms with van der Waals surface area (Å²) in [4.78, 5) is 12.5. The molecule has 0 radical (unpaired) electrons. The fraction of sp³-hybridized carbons (Fsp3) is 0.263. The van der Waals surface area contributed by atoms with E-state index in [-0.39, 0.29) is 17.1 Å². The van der Waals surface area contributed by atoms with Crippen molar-refractivity contribution < 1.29 is 23.1 Å². The van der Waals surface area contributed by atoms with Crippen LogP contribution in [0, 0.1) is 6.92 Å². The maximum Gasteiger partial charge on any atom is 0.438 e. The summed E-state index contributed by atoms with van der Waals surface area (Å²) >= 11 is 0. The Hall–Kier alpha value is -2.67. The van der Waals surface area contributed by atoms with Crippen molar-refractivity contribution in [3.05, 3.63) is 71.3 Å². The third-order valence-corrected chi connectivity index (χ3v) is 4.26. The molecule has 26 heavy (non-hydrogen) atoms. The summed E-state index contributed by atoms with van der Waals surface area (Å²) in [6, 6.07) is 15.1. The van der Waals surface area contributed by atoms with Crippen LogP contribution in [0.2, 0.25) is 0 Å². The average Bonchev–Trinajstić information content (AvgIpc) is 2.95. The van der Waals surface area contributed by atoms with Crippen LogP contribution in [0.3, 0.4) is 0 Å². The predicted octanol–water partition coefficient (Wildman–Crippen LogP) is 3.43. The first-order chi connectivity index (χ1) is 12.2. The fourth-order valence-electron chi connectivity index (χ4n) is 2.78. The summed E-state index contributed by atoms with van der Waals surface area (Å²) in [6.45, 7) is 1.85. The third-order valence-electron chi connectivity index (χ3n) is 4.26. The molecule has 1 amide bonds. The van der Waals surface area contributed by atoms with E-state index < -0.39 is 24.2 Å². The predicted molar refractivity (Wildman–Crippen MR) is 90.3 cm³/mol. The molecule has 0 fully saturated rings. The molecule has 136 valence electrons. The molecule has 1 N–H and O–H groups in total. The quantitative estimate of drug-likeness (QED) is 0.910. The van der Waals surface area contributed by atoms with Crippen molar-refractivity contribution >= 4 is 11.6 Å². The second-order valence-corrected chi connectivity index (χ2v) is 6.27. The van der Waals surface area contributed by atoms with Crippen molar-refractivity contribution in [3.63, 3.8) is 0 Å². The molecule has 2 aromatic rings. The molecule has 2 aromatic carbocycles. The van der Waals surface area contributed by atoms with E-state index in [2.05, 4.69) is 5.10 Å². The van der Waals surface area contributed by atoms with E-state index in [0.29, 0.717) is 11.1 Å². The molecule has 0 unspecified atom stereocenters. The molecular formula is C19H17F3N2O2. The number of nitrogens with zero attached hydrogens (tertiary/aromatic N) is 2. The number of rotatable bonds is 3. The van der Waals surface area contributed by atoms with Crippen LogP contribution in [0.4, 0.5) is 13.2 Å². The van der Waals surface area contributed by atoms with Crippen LogP contribution >= 0.6 is 0 Å². The van der Waals surface area contributed by atoms with Gasteiger partial charge in [0.25, 0.3) is 5.72 Å². The van der Waals surface area contributed by atoms with E-state index >= 15 is 0 Å². The molecular weight excluding hydrogens is 345 g/mol. The van der Waals surface area contributed by atoms with Gasteiger partial charge in [-0.2, -0.15) is 23.3 Å². The van der Waals surface area contributed by atoms with E-state index in [9.17, 15) is 23.1 Å². The number of halogens is 3. The number of aliphatic hydroxyl groups is 1.